The standard InChI is InChI=1S/C17H19FN2OS/c1-3-14-15-11-20(10-9-17(15)19-16(14)4-2)22(21)13-7-5-12(18)6-8-13/h3-8,19H,9-11H2,1-2H3/b14-3-,16-4+. The number of nitrogens with zero attached hydrogens (tertiary/aromatic N) is 1. The highest BCUT2D eigenvalue weighted by atomic mass is 32.2. The third-order valence-electron chi connectivity index (χ3n) is 4.04. The zero-order valence-corrected chi connectivity index (χ0v) is 13.5. The molecular formula is C17H19FN2OS. The highest BCUT2D eigenvalue weighted by molar-refractivity contribution is 7.82. The largest absolute Gasteiger partial charge is 0.358 e. The molecule has 1 aromatic carbocycles. The lowest BCUT2D eigenvalue weighted by atomic mass is 10.1. The van der Waals surface area contributed by atoms with Crippen LogP contribution in [0.2, 0.25) is 0 Å². The molecular weight excluding hydrogens is 299 g/mol. The minimum Gasteiger partial charge on any atom is -0.358 e. The monoisotopic (exact) mass is 318 g/mol. The Morgan fingerprint density at radius 3 is 2.59 bits per heavy atom. The molecule has 2 heterocycles. The lowest BCUT2D eigenvalue weighted by molar-refractivity contribution is 0.418. The molecule has 116 valence electrons. The van der Waals surface area contributed by atoms with Crippen LogP contribution in [0.5, 0.6) is 0 Å². The molecule has 1 aromatic heterocycles. The summed E-state index contributed by atoms with van der Waals surface area (Å²) in [5.41, 5.74) is 2.45. The van der Waals surface area contributed by atoms with Crippen molar-refractivity contribution in [2.45, 2.75) is 31.7 Å². The average Bonchev–Trinajstić information content (AvgIpc) is 2.91. The van der Waals surface area contributed by atoms with Gasteiger partial charge in [0.05, 0.1) is 4.90 Å². The van der Waals surface area contributed by atoms with E-state index in [1.54, 1.807) is 12.1 Å². The van der Waals surface area contributed by atoms with Gasteiger partial charge in [-0.25, -0.2) is 12.9 Å². The number of nitrogens with one attached hydrogen (secondary N) is 1. The lowest BCUT2D eigenvalue weighted by Crippen LogP contribution is -2.35. The van der Waals surface area contributed by atoms with Crippen molar-refractivity contribution in [3.8, 4) is 0 Å². The minimum absolute atomic E-state index is 0.307. The van der Waals surface area contributed by atoms with E-state index in [0.717, 1.165) is 18.3 Å². The van der Waals surface area contributed by atoms with E-state index >= 15 is 0 Å². The van der Waals surface area contributed by atoms with Crippen LogP contribution in [0.4, 0.5) is 4.39 Å². The van der Waals surface area contributed by atoms with Crippen LogP contribution in [0.25, 0.3) is 12.2 Å². The second-order valence-corrected chi connectivity index (χ2v) is 6.79. The summed E-state index contributed by atoms with van der Waals surface area (Å²) in [6.07, 6.45) is 5.00. The van der Waals surface area contributed by atoms with E-state index in [2.05, 4.69) is 17.1 Å². The molecule has 1 aliphatic heterocycles. The molecule has 0 fully saturated rings. The van der Waals surface area contributed by atoms with Crippen LogP contribution < -0.4 is 10.6 Å². The molecule has 3 rings (SSSR count). The van der Waals surface area contributed by atoms with Gasteiger partial charge in [-0.2, -0.15) is 0 Å². The van der Waals surface area contributed by atoms with Crippen LogP contribution in [0, 0.1) is 5.82 Å². The lowest BCUT2D eigenvalue weighted by Gasteiger charge is -2.25. The Bertz CT molecular complexity index is 824. The molecule has 0 saturated heterocycles. The maximum Gasteiger partial charge on any atom is 0.127 e. The Balaban J connectivity index is 1.93. The Labute approximate surface area is 131 Å². The van der Waals surface area contributed by atoms with Crippen molar-refractivity contribution in [2.75, 3.05) is 6.54 Å². The highest BCUT2D eigenvalue weighted by Crippen LogP contribution is 2.19. The molecule has 0 saturated carbocycles. The van der Waals surface area contributed by atoms with E-state index in [1.165, 1.54) is 28.6 Å². The summed E-state index contributed by atoms with van der Waals surface area (Å²) in [6, 6.07) is 5.90. The summed E-state index contributed by atoms with van der Waals surface area (Å²) in [5.74, 6) is -0.307. The van der Waals surface area contributed by atoms with Gasteiger partial charge in [0, 0.05) is 30.6 Å². The molecule has 22 heavy (non-hydrogen) atoms. The first-order valence-electron chi connectivity index (χ1n) is 7.39. The van der Waals surface area contributed by atoms with E-state index in [-0.39, 0.29) is 5.82 Å². The van der Waals surface area contributed by atoms with Crippen LogP contribution in [-0.4, -0.2) is 20.0 Å². The van der Waals surface area contributed by atoms with Gasteiger partial charge in [-0.05, 0) is 48.9 Å². The molecule has 2 aromatic rings. The van der Waals surface area contributed by atoms with E-state index in [0.29, 0.717) is 11.4 Å². The molecule has 1 atom stereocenters. The molecule has 0 spiro atoms. The number of halogens is 1. The van der Waals surface area contributed by atoms with Crippen molar-refractivity contribution in [2.24, 2.45) is 0 Å². The third-order valence-corrected chi connectivity index (χ3v) is 5.49. The van der Waals surface area contributed by atoms with Crippen molar-refractivity contribution < 1.29 is 8.60 Å². The van der Waals surface area contributed by atoms with E-state index in [4.69, 9.17) is 0 Å². The molecule has 0 aliphatic carbocycles. The number of aromatic nitrogens is 1. The van der Waals surface area contributed by atoms with Crippen LogP contribution in [0.1, 0.15) is 25.1 Å². The predicted molar refractivity (Wildman–Crippen MR) is 87.2 cm³/mol. The van der Waals surface area contributed by atoms with Crippen molar-refractivity contribution in [1.29, 1.82) is 0 Å². The van der Waals surface area contributed by atoms with Crippen LogP contribution >= 0.6 is 0 Å². The fraction of sp³-hybridized carbons (Fsp3) is 0.294. The summed E-state index contributed by atoms with van der Waals surface area (Å²) in [7, 11) is -1.26. The first kappa shape index (κ1) is 15.2. The summed E-state index contributed by atoms with van der Waals surface area (Å²) < 4.78 is 27.6. The highest BCUT2D eigenvalue weighted by Gasteiger charge is 2.23. The van der Waals surface area contributed by atoms with Crippen molar-refractivity contribution in [1.82, 2.24) is 9.29 Å². The predicted octanol–water partition coefficient (Wildman–Crippen LogP) is 1.84. The number of benzene rings is 1. The summed E-state index contributed by atoms with van der Waals surface area (Å²) in [4.78, 5) is 4.09. The second kappa shape index (κ2) is 6.18. The molecule has 3 nitrogen and oxygen atoms in total. The third kappa shape index (κ3) is 2.66. The number of rotatable bonds is 2. The number of fused-ring (bicyclic) bond motifs is 1. The van der Waals surface area contributed by atoms with Gasteiger partial charge in [-0.3, -0.25) is 0 Å². The number of H-pyrrole nitrogens is 1. The molecule has 0 amide bonds. The zero-order chi connectivity index (χ0) is 15.7. The summed E-state index contributed by atoms with van der Waals surface area (Å²) in [5, 5.41) is 2.32. The maximum atomic E-state index is 13.0. The fourth-order valence-corrected chi connectivity index (χ4v) is 4.09. The Hall–Kier alpha value is -1.72. The van der Waals surface area contributed by atoms with Crippen LogP contribution in [0.3, 0.4) is 0 Å². The summed E-state index contributed by atoms with van der Waals surface area (Å²) >= 11 is 0. The first-order valence-corrected chi connectivity index (χ1v) is 8.49. The van der Waals surface area contributed by atoms with Crippen LogP contribution in [0.15, 0.2) is 29.2 Å². The normalized spacial score (nSPS) is 18.5. The van der Waals surface area contributed by atoms with Gasteiger partial charge in [0.15, 0.2) is 0 Å². The number of hydrogen-bond acceptors (Lipinski definition) is 1. The summed E-state index contributed by atoms with van der Waals surface area (Å²) in [6.45, 7) is 5.40. The topological polar surface area (TPSA) is 36.1 Å². The quantitative estimate of drug-likeness (QED) is 0.901. The number of hydrogen-bond donors (Lipinski definition) is 1. The first-order chi connectivity index (χ1) is 10.6. The van der Waals surface area contributed by atoms with Gasteiger partial charge >= 0.3 is 0 Å². The van der Waals surface area contributed by atoms with Gasteiger partial charge in [0.25, 0.3) is 0 Å². The van der Waals surface area contributed by atoms with E-state index in [9.17, 15) is 8.60 Å². The van der Waals surface area contributed by atoms with E-state index in [1.807, 2.05) is 18.2 Å². The minimum atomic E-state index is -1.26. The molecule has 1 aliphatic rings. The molecule has 0 bridgehead atoms. The van der Waals surface area contributed by atoms with Gasteiger partial charge in [0.2, 0.25) is 0 Å². The zero-order valence-electron chi connectivity index (χ0n) is 12.7. The molecule has 1 N–H and O–H groups in total. The van der Waals surface area contributed by atoms with Gasteiger partial charge in [-0.1, -0.05) is 12.2 Å². The fourth-order valence-electron chi connectivity index (χ4n) is 2.92. The van der Waals surface area contributed by atoms with Crippen molar-refractivity contribution in [3.05, 3.63) is 51.9 Å². The molecule has 1 unspecified atom stereocenters. The second-order valence-electron chi connectivity index (χ2n) is 5.30. The van der Waals surface area contributed by atoms with Crippen LogP contribution in [-0.2, 0) is 24.0 Å². The van der Waals surface area contributed by atoms with Gasteiger partial charge in [0.1, 0.15) is 16.8 Å². The number of aromatic amines is 1. The smallest absolute Gasteiger partial charge is 0.127 e. The van der Waals surface area contributed by atoms with Crippen molar-refractivity contribution >= 4 is 23.1 Å². The van der Waals surface area contributed by atoms with Gasteiger partial charge < -0.3 is 4.98 Å². The SMILES string of the molecule is C/C=c1/c2c([nH]/c1=C/C)CCN(S(=O)c1ccc(F)cc1)C2. The molecule has 0 radical (unpaired) electrons. The average molecular weight is 318 g/mol. The maximum absolute atomic E-state index is 13.0. The van der Waals surface area contributed by atoms with E-state index < -0.39 is 11.0 Å². The molecule has 5 heteroatoms. The Morgan fingerprint density at radius 2 is 1.95 bits per heavy atom. The van der Waals surface area contributed by atoms with Gasteiger partial charge in [-0.15, -0.1) is 0 Å². The Morgan fingerprint density at radius 1 is 1.23 bits per heavy atom. The van der Waals surface area contributed by atoms with Crippen molar-refractivity contribution in [3.63, 3.8) is 0 Å². The Kier molecular flexibility index (Phi) is 4.27.